The monoisotopic (exact) mass is 289 g/mol. The van der Waals surface area contributed by atoms with Gasteiger partial charge in [-0.05, 0) is 42.7 Å². The molecule has 0 bridgehead atoms. The zero-order valence-electron chi connectivity index (χ0n) is 12.0. The molecular weight excluding hydrogens is 270 g/mol. The van der Waals surface area contributed by atoms with E-state index in [0.717, 1.165) is 22.7 Å². The van der Waals surface area contributed by atoms with Gasteiger partial charge in [0.25, 0.3) is 0 Å². The van der Waals surface area contributed by atoms with Crippen molar-refractivity contribution in [2.45, 2.75) is 11.4 Å². The van der Waals surface area contributed by atoms with E-state index in [4.69, 9.17) is 9.47 Å². The van der Waals surface area contributed by atoms with Crippen LogP contribution in [-0.2, 0) is 6.54 Å². The molecule has 1 N–H and O–H groups in total. The van der Waals surface area contributed by atoms with Crippen molar-refractivity contribution in [3.63, 3.8) is 0 Å². The third kappa shape index (κ3) is 3.61. The summed E-state index contributed by atoms with van der Waals surface area (Å²) in [5.74, 6) is 1.63. The minimum atomic E-state index is 0.714. The summed E-state index contributed by atoms with van der Waals surface area (Å²) in [6.07, 6.45) is 2.07. The van der Waals surface area contributed by atoms with Gasteiger partial charge in [-0.1, -0.05) is 0 Å². The van der Waals surface area contributed by atoms with Gasteiger partial charge in [0.05, 0.1) is 14.2 Å². The summed E-state index contributed by atoms with van der Waals surface area (Å²) < 4.78 is 10.6. The Morgan fingerprint density at radius 2 is 1.75 bits per heavy atom. The van der Waals surface area contributed by atoms with E-state index in [9.17, 15) is 0 Å². The quantitative estimate of drug-likeness (QED) is 0.813. The van der Waals surface area contributed by atoms with Crippen LogP contribution in [0.25, 0.3) is 0 Å². The van der Waals surface area contributed by atoms with Crippen LogP contribution in [0.15, 0.2) is 47.4 Å². The molecule has 0 amide bonds. The van der Waals surface area contributed by atoms with Crippen LogP contribution in [0, 0.1) is 0 Å². The molecule has 106 valence electrons. The summed E-state index contributed by atoms with van der Waals surface area (Å²) in [6.45, 7) is 0.714. The Hall–Kier alpha value is -1.81. The zero-order chi connectivity index (χ0) is 14.4. The van der Waals surface area contributed by atoms with Crippen molar-refractivity contribution < 1.29 is 9.47 Å². The van der Waals surface area contributed by atoms with Crippen LogP contribution in [0.5, 0.6) is 11.5 Å². The summed E-state index contributed by atoms with van der Waals surface area (Å²) in [5, 5.41) is 3.39. The zero-order valence-corrected chi connectivity index (χ0v) is 12.8. The third-order valence-electron chi connectivity index (χ3n) is 3.07. The molecule has 2 aromatic carbocycles. The van der Waals surface area contributed by atoms with Crippen molar-refractivity contribution in [3.05, 3.63) is 48.0 Å². The lowest BCUT2D eigenvalue weighted by molar-refractivity contribution is 0.391. The minimum Gasteiger partial charge on any atom is -0.497 e. The average Bonchev–Trinajstić information content (AvgIpc) is 2.53. The molecule has 20 heavy (non-hydrogen) atoms. The van der Waals surface area contributed by atoms with Crippen molar-refractivity contribution in [2.75, 3.05) is 25.8 Å². The highest BCUT2D eigenvalue weighted by Gasteiger charge is 2.04. The summed E-state index contributed by atoms with van der Waals surface area (Å²) >= 11 is 1.74. The molecule has 0 aliphatic rings. The fourth-order valence-corrected chi connectivity index (χ4v) is 2.31. The standard InChI is InChI=1S/C16H19NO2S/c1-18-14-7-4-12(16(10-14)19-2)11-17-13-5-8-15(20-3)9-6-13/h4-10,17H,11H2,1-3H3. The average molecular weight is 289 g/mol. The second-order valence-corrected chi connectivity index (χ2v) is 5.14. The predicted molar refractivity (Wildman–Crippen MR) is 85.1 cm³/mol. The molecular formula is C16H19NO2S. The first-order valence-corrected chi connectivity index (χ1v) is 7.58. The molecule has 0 spiro atoms. The molecule has 2 rings (SSSR count). The molecule has 0 unspecified atom stereocenters. The number of benzene rings is 2. The van der Waals surface area contributed by atoms with Gasteiger partial charge in [-0.2, -0.15) is 0 Å². The van der Waals surface area contributed by atoms with Crippen LogP contribution in [0.1, 0.15) is 5.56 Å². The van der Waals surface area contributed by atoms with E-state index in [1.807, 2.05) is 18.2 Å². The van der Waals surface area contributed by atoms with Crippen molar-refractivity contribution in [1.82, 2.24) is 0 Å². The van der Waals surface area contributed by atoms with Gasteiger partial charge >= 0.3 is 0 Å². The Morgan fingerprint density at radius 3 is 2.35 bits per heavy atom. The van der Waals surface area contributed by atoms with Crippen LogP contribution >= 0.6 is 11.8 Å². The number of rotatable bonds is 6. The van der Waals surface area contributed by atoms with E-state index in [1.54, 1.807) is 26.0 Å². The maximum Gasteiger partial charge on any atom is 0.127 e. The molecule has 0 aromatic heterocycles. The Labute approximate surface area is 124 Å². The van der Waals surface area contributed by atoms with E-state index in [-0.39, 0.29) is 0 Å². The van der Waals surface area contributed by atoms with E-state index >= 15 is 0 Å². The van der Waals surface area contributed by atoms with Gasteiger partial charge in [-0.15, -0.1) is 11.8 Å². The normalized spacial score (nSPS) is 10.2. The number of methoxy groups -OCH3 is 2. The first-order valence-electron chi connectivity index (χ1n) is 6.35. The van der Waals surface area contributed by atoms with Crippen molar-refractivity contribution in [2.24, 2.45) is 0 Å². The number of thioether (sulfide) groups is 1. The summed E-state index contributed by atoms with van der Waals surface area (Å²) in [4.78, 5) is 1.26. The highest BCUT2D eigenvalue weighted by molar-refractivity contribution is 7.98. The van der Waals surface area contributed by atoms with Crippen molar-refractivity contribution in [3.8, 4) is 11.5 Å². The number of ether oxygens (including phenoxy) is 2. The Bertz CT molecular complexity index is 555. The summed E-state index contributed by atoms with van der Waals surface area (Å²) in [5.41, 5.74) is 2.20. The molecule has 3 nitrogen and oxygen atoms in total. The molecule has 0 atom stereocenters. The van der Waals surface area contributed by atoms with Crippen LogP contribution in [0.3, 0.4) is 0 Å². The topological polar surface area (TPSA) is 30.5 Å². The summed E-state index contributed by atoms with van der Waals surface area (Å²) in [7, 11) is 3.32. The predicted octanol–water partition coefficient (Wildman–Crippen LogP) is 4.04. The van der Waals surface area contributed by atoms with Crippen LogP contribution < -0.4 is 14.8 Å². The smallest absolute Gasteiger partial charge is 0.127 e. The first-order chi connectivity index (χ1) is 9.76. The lowest BCUT2D eigenvalue weighted by Gasteiger charge is -2.12. The molecule has 4 heteroatoms. The van der Waals surface area contributed by atoms with Gasteiger partial charge in [0, 0.05) is 28.8 Å². The first kappa shape index (κ1) is 14.6. The van der Waals surface area contributed by atoms with Gasteiger partial charge in [0.15, 0.2) is 0 Å². The molecule has 2 aromatic rings. The van der Waals surface area contributed by atoms with Crippen molar-refractivity contribution in [1.29, 1.82) is 0 Å². The summed E-state index contributed by atoms with van der Waals surface area (Å²) in [6, 6.07) is 14.2. The van der Waals surface area contributed by atoms with Crippen LogP contribution in [0.2, 0.25) is 0 Å². The van der Waals surface area contributed by atoms with Gasteiger partial charge in [0.2, 0.25) is 0 Å². The molecule has 0 radical (unpaired) electrons. The Balaban J connectivity index is 2.05. The van der Waals surface area contributed by atoms with E-state index in [1.165, 1.54) is 4.90 Å². The van der Waals surface area contributed by atoms with E-state index < -0.39 is 0 Å². The minimum absolute atomic E-state index is 0.714. The van der Waals surface area contributed by atoms with Crippen LogP contribution in [-0.4, -0.2) is 20.5 Å². The molecule has 0 heterocycles. The third-order valence-corrected chi connectivity index (χ3v) is 3.81. The van der Waals surface area contributed by atoms with Gasteiger partial charge in [0.1, 0.15) is 11.5 Å². The molecule has 0 aliphatic heterocycles. The number of hydrogen-bond acceptors (Lipinski definition) is 4. The molecule has 0 aliphatic carbocycles. The number of anilines is 1. The largest absolute Gasteiger partial charge is 0.497 e. The maximum atomic E-state index is 5.39. The highest BCUT2D eigenvalue weighted by Crippen LogP contribution is 2.25. The van der Waals surface area contributed by atoms with Gasteiger partial charge in [-0.3, -0.25) is 0 Å². The Morgan fingerprint density at radius 1 is 1.00 bits per heavy atom. The van der Waals surface area contributed by atoms with Crippen molar-refractivity contribution >= 4 is 17.4 Å². The van der Waals surface area contributed by atoms with Crippen LogP contribution in [0.4, 0.5) is 5.69 Å². The molecule has 0 saturated carbocycles. The van der Waals surface area contributed by atoms with Gasteiger partial charge < -0.3 is 14.8 Å². The fraction of sp³-hybridized carbons (Fsp3) is 0.250. The second-order valence-electron chi connectivity index (χ2n) is 4.26. The number of hydrogen-bond donors (Lipinski definition) is 1. The highest BCUT2D eigenvalue weighted by atomic mass is 32.2. The molecule has 0 saturated heterocycles. The fourth-order valence-electron chi connectivity index (χ4n) is 1.90. The maximum absolute atomic E-state index is 5.39. The SMILES string of the molecule is COc1ccc(CNc2ccc(SC)cc2)c(OC)c1. The van der Waals surface area contributed by atoms with E-state index in [0.29, 0.717) is 6.54 Å². The second kappa shape index (κ2) is 7.10. The molecule has 0 fully saturated rings. The Kier molecular flexibility index (Phi) is 5.18. The van der Waals surface area contributed by atoms with E-state index in [2.05, 4.69) is 35.8 Å². The number of nitrogens with one attached hydrogen (secondary N) is 1. The lowest BCUT2D eigenvalue weighted by atomic mass is 10.2. The lowest BCUT2D eigenvalue weighted by Crippen LogP contribution is -2.02. The van der Waals surface area contributed by atoms with Gasteiger partial charge in [-0.25, -0.2) is 0 Å².